The second-order valence-corrected chi connectivity index (χ2v) is 23.5. The third-order valence-electron chi connectivity index (χ3n) is 16.1. The van der Waals surface area contributed by atoms with E-state index < -0.39 is 0 Å². The van der Waals surface area contributed by atoms with Gasteiger partial charge in [-0.15, -0.1) is 0 Å². The molecule has 0 saturated heterocycles. The molecule has 5 heteroatoms. The zero-order valence-electron chi connectivity index (χ0n) is 46.7. The average Bonchev–Trinajstić information content (AvgIpc) is 4.07. The SMILES string of the molecule is Cc1cc(-c2ccccc2)ccc1N1c2cc(N(c3ccc(C(C)(C)C)cc3)c3ccc(C(C)(C)C)cc3)ccc2Bc2c(-c3ccc(-c4ccccc4)cc3Nc3ccc(-c4ccccc4)cc3)cc3c(oc4ccccc43)c21. The highest BCUT2D eigenvalue weighted by Gasteiger charge is 2.34. The number of benzene rings is 11. The van der Waals surface area contributed by atoms with Gasteiger partial charge >= 0.3 is 0 Å². The lowest BCUT2D eigenvalue weighted by Crippen LogP contribution is -2.41. The van der Waals surface area contributed by atoms with E-state index in [-0.39, 0.29) is 10.8 Å². The van der Waals surface area contributed by atoms with Gasteiger partial charge in [0.15, 0.2) is 12.9 Å². The summed E-state index contributed by atoms with van der Waals surface area (Å²) in [6.07, 6.45) is 0. The number of nitrogens with one attached hydrogen (secondary N) is 1. The smallest absolute Gasteiger partial charge is 0.198 e. The first-order valence-corrected chi connectivity index (χ1v) is 28.0. The third kappa shape index (κ3) is 9.43. The van der Waals surface area contributed by atoms with Crippen LogP contribution >= 0.6 is 0 Å². The molecule has 2 heterocycles. The molecule has 11 aromatic carbocycles. The van der Waals surface area contributed by atoms with Crippen molar-refractivity contribution < 1.29 is 4.42 Å². The Balaban J connectivity index is 1.05. The van der Waals surface area contributed by atoms with Crippen LogP contribution < -0.4 is 26.0 Å². The van der Waals surface area contributed by atoms with Crippen LogP contribution in [0.5, 0.6) is 0 Å². The Morgan fingerprint density at radius 2 is 0.938 bits per heavy atom. The van der Waals surface area contributed by atoms with Crippen LogP contribution in [0, 0.1) is 6.92 Å². The number of hydrogen-bond acceptors (Lipinski definition) is 4. The molecule has 12 aromatic rings. The summed E-state index contributed by atoms with van der Waals surface area (Å²) in [5, 5.41) is 6.12. The molecule has 0 unspecified atom stereocenters. The zero-order chi connectivity index (χ0) is 54.7. The molecule has 1 aliphatic heterocycles. The van der Waals surface area contributed by atoms with E-state index in [0.717, 1.165) is 95.3 Å². The van der Waals surface area contributed by atoms with E-state index in [1.807, 2.05) is 0 Å². The van der Waals surface area contributed by atoms with E-state index in [1.54, 1.807) is 0 Å². The van der Waals surface area contributed by atoms with Gasteiger partial charge in [0.1, 0.15) is 5.58 Å². The Kier molecular flexibility index (Phi) is 12.7. The molecule has 0 amide bonds. The van der Waals surface area contributed by atoms with Crippen LogP contribution in [0.4, 0.5) is 45.5 Å². The van der Waals surface area contributed by atoms with Gasteiger partial charge in [-0.25, -0.2) is 0 Å². The highest BCUT2D eigenvalue weighted by molar-refractivity contribution is 6.74. The van der Waals surface area contributed by atoms with Crippen LogP contribution in [0.25, 0.3) is 66.4 Å². The lowest BCUT2D eigenvalue weighted by molar-refractivity contribution is 0.590. The molecule has 388 valence electrons. The van der Waals surface area contributed by atoms with E-state index in [0.29, 0.717) is 7.28 Å². The maximum absolute atomic E-state index is 7.22. The Labute approximate surface area is 471 Å². The molecule has 4 nitrogen and oxygen atoms in total. The highest BCUT2D eigenvalue weighted by atomic mass is 16.3. The minimum atomic E-state index is 0.0150. The predicted molar refractivity (Wildman–Crippen MR) is 343 cm³/mol. The number of para-hydroxylation sites is 1. The van der Waals surface area contributed by atoms with Gasteiger partial charge in [-0.3, -0.25) is 0 Å². The number of hydrogen-bond donors (Lipinski definition) is 1. The topological polar surface area (TPSA) is 31.6 Å². The van der Waals surface area contributed by atoms with Gasteiger partial charge in [0.25, 0.3) is 0 Å². The lowest BCUT2D eigenvalue weighted by Gasteiger charge is -2.37. The molecule has 0 spiro atoms. The fraction of sp³-hybridized carbons (Fsp3) is 0.120. The van der Waals surface area contributed by atoms with Crippen molar-refractivity contribution in [3.05, 3.63) is 265 Å². The first-order valence-electron chi connectivity index (χ1n) is 28.0. The largest absolute Gasteiger partial charge is 0.454 e. The van der Waals surface area contributed by atoms with Crippen LogP contribution in [-0.4, -0.2) is 7.28 Å². The molecule has 0 saturated carbocycles. The summed E-state index contributed by atoms with van der Waals surface area (Å²) in [5.41, 5.74) is 25.8. The third-order valence-corrected chi connectivity index (χ3v) is 16.1. The number of fused-ring (bicyclic) bond motifs is 6. The van der Waals surface area contributed by atoms with Crippen LogP contribution in [0.1, 0.15) is 58.2 Å². The minimum absolute atomic E-state index is 0.0150. The molecule has 0 radical (unpaired) electrons. The maximum Gasteiger partial charge on any atom is 0.198 e. The average molecular weight is 1030 g/mol. The van der Waals surface area contributed by atoms with Crippen molar-refractivity contribution in [2.45, 2.75) is 59.3 Å². The maximum atomic E-state index is 7.22. The quantitative estimate of drug-likeness (QED) is 0.138. The van der Waals surface area contributed by atoms with Gasteiger partial charge in [-0.05, 0) is 158 Å². The normalized spacial score (nSPS) is 12.3. The molecular weight excluding hydrogens is 970 g/mol. The van der Waals surface area contributed by atoms with Crippen molar-refractivity contribution in [1.29, 1.82) is 0 Å². The van der Waals surface area contributed by atoms with E-state index in [4.69, 9.17) is 4.42 Å². The summed E-state index contributed by atoms with van der Waals surface area (Å²) >= 11 is 0. The summed E-state index contributed by atoms with van der Waals surface area (Å²) in [6.45, 7) is 15.9. The fourth-order valence-corrected chi connectivity index (χ4v) is 11.8. The van der Waals surface area contributed by atoms with Crippen molar-refractivity contribution in [2.24, 2.45) is 0 Å². The second kappa shape index (κ2) is 20.2. The predicted octanol–water partition coefficient (Wildman–Crippen LogP) is 19.5. The van der Waals surface area contributed by atoms with Crippen molar-refractivity contribution in [1.82, 2.24) is 0 Å². The fourth-order valence-electron chi connectivity index (χ4n) is 11.8. The van der Waals surface area contributed by atoms with Crippen molar-refractivity contribution in [2.75, 3.05) is 15.1 Å². The van der Waals surface area contributed by atoms with Crippen LogP contribution in [0.15, 0.2) is 253 Å². The number of aryl methyl sites for hydroxylation is 1. The molecule has 80 heavy (non-hydrogen) atoms. The molecular formula is C75H64BN3O. The van der Waals surface area contributed by atoms with Gasteiger partial charge in [-0.1, -0.05) is 217 Å². The monoisotopic (exact) mass is 1030 g/mol. The summed E-state index contributed by atoms with van der Waals surface area (Å²) in [6, 6.07) is 91.0. The molecule has 0 atom stereocenters. The lowest BCUT2D eigenvalue weighted by atomic mass is 9.58. The highest BCUT2D eigenvalue weighted by Crippen LogP contribution is 2.49. The summed E-state index contributed by atoms with van der Waals surface area (Å²) in [4.78, 5) is 4.94. The Hall–Kier alpha value is -9.32. The molecule has 0 aliphatic carbocycles. The number of nitrogens with zero attached hydrogens (tertiary/aromatic N) is 2. The van der Waals surface area contributed by atoms with Crippen LogP contribution in [0.2, 0.25) is 0 Å². The van der Waals surface area contributed by atoms with Crippen molar-refractivity contribution in [3.8, 4) is 44.5 Å². The van der Waals surface area contributed by atoms with Gasteiger partial charge in [0.2, 0.25) is 0 Å². The Morgan fingerprint density at radius 1 is 0.425 bits per heavy atom. The number of anilines is 8. The van der Waals surface area contributed by atoms with Crippen molar-refractivity contribution >= 4 is 85.6 Å². The molecule has 1 aliphatic rings. The first-order chi connectivity index (χ1) is 38.8. The number of rotatable bonds is 10. The molecule has 13 rings (SSSR count). The van der Waals surface area contributed by atoms with Gasteiger partial charge < -0.3 is 19.5 Å². The van der Waals surface area contributed by atoms with Gasteiger partial charge in [-0.2, -0.15) is 0 Å². The van der Waals surface area contributed by atoms with Crippen LogP contribution in [0.3, 0.4) is 0 Å². The van der Waals surface area contributed by atoms with E-state index in [1.165, 1.54) is 44.3 Å². The molecule has 1 N–H and O–H groups in total. The molecule has 1 aromatic heterocycles. The summed E-state index contributed by atoms with van der Waals surface area (Å²) in [7, 11) is 0.678. The van der Waals surface area contributed by atoms with Gasteiger partial charge in [0.05, 0.1) is 5.69 Å². The summed E-state index contributed by atoms with van der Waals surface area (Å²) in [5.74, 6) is 0. The van der Waals surface area contributed by atoms with Gasteiger partial charge in [0, 0.05) is 56.1 Å². The Morgan fingerprint density at radius 3 is 1.52 bits per heavy atom. The van der Waals surface area contributed by atoms with E-state index in [2.05, 4.69) is 312 Å². The van der Waals surface area contributed by atoms with E-state index >= 15 is 0 Å². The molecule has 0 fully saturated rings. The van der Waals surface area contributed by atoms with Crippen molar-refractivity contribution in [3.63, 3.8) is 0 Å². The van der Waals surface area contributed by atoms with E-state index in [9.17, 15) is 0 Å². The Bertz CT molecular complexity index is 4170. The molecule has 0 bridgehead atoms. The standard InChI is InChI=1S/C75H64BN3O/c1-49-45-54(51-21-13-9-14-22-51)30-44-68(49)79-69-47-61(78(59-37-31-56(32-38-59)74(2,3)4)60-39-33-57(34-40-60)75(5,6)7)41-43-66(69)76-71-64(48-65-63-25-17-18-26-70(63)80-73(65)72(71)79)62-42-29-55(52-23-15-10-16-24-52)46-67(62)77-58-35-27-53(28-36-58)50-19-11-8-12-20-50/h8-48,76-77H,1-7H3. The summed E-state index contributed by atoms with van der Waals surface area (Å²) < 4.78 is 7.22. The van der Waals surface area contributed by atoms with Crippen LogP contribution in [-0.2, 0) is 10.8 Å². The number of furan rings is 1. The second-order valence-electron chi connectivity index (χ2n) is 23.5. The first kappa shape index (κ1) is 50.2. The minimum Gasteiger partial charge on any atom is -0.454 e. The zero-order valence-corrected chi connectivity index (χ0v) is 46.7.